The molecule has 90 valence electrons. The normalized spacial score (nSPS) is 24.8. The summed E-state index contributed by atoms with van der Waals surface area (Å²) in [6.45, 7) is 3.97. The number of carbonyl (C=O) groups excluding carboxylic acids is 1. The summed E-state index contributed by atoms with van der Waals surface area (Å²) in [5.41, 5.74) is 2.60. The molecule has 0 saturated carbocycles. The molecule has 3 heteroatoms. The third-order valence-corrected chi connectivity index (χ3v) is 3.09. The van der Waals surface area contributed by atoms with Gasteiger partial charge in [0, 0.05) is 0 Å². The molecule has 0 bridgehead atoms. The van der Waals surface area contributed by atoms with Crippen LogP contribution in [0.5, 0.6) is 0 Å². The second-order valence-electron chi connectivity index (χ2n) is 4.01. The van der Waals surface area contributed by atoms with Crippen LogP contribution in [0.25, 0.3) is 5.57 Å². The van der Waals surface area contributed by atoms with E-state index in [1.54, 1.807) is 6.92 Å². The van der Waals surface area contributed by atoms with Crippen LogP contribution in [0.3, 0.4) is 0 Å². The summed E-state index contributed by atoms with van der Waals surface area (Å²) >= 11 is 0. The zero-order valence-electron chi connectivity index (χ0n) is 10.0. The molecule has 0 aromatic heterocycles. The number of hydrogen-bond donors (Lipinski definition) is 1. The van der Waals surface area contributed by atoms with Crippen LogP contribution >= 0.6 is 0 Å². The van der Waals surface area contributed by atoms with Crippen LogP contribution in [-0.4, -0.2) is 17.7 Å². The van der Waals surface area contributed by atoms with E-state index in [0.717, 1.165) is 16.7 Å². The average Bonchev–Trinajstić information content (AvgIpc) is 2.63. The third-order valence-electron chi connectivity index (χ3n) is 3.09. The number of fused-ring (bicyclic) bond motifs is 1. The lowest BCUT2D eigenvalue weighted by Gasteiger charge is -2.14. The molecule has 17 heavy (non-hydrogen) atoms. The van der Waals surface area contributed by atoms with Gasteiger partial charge in [0.05, 0.1) is 12.7 Å². The summed E-state index contributed by atoms with van der Waals surface area (Å²) in [4.78, 5) is 11.9. The Balaban J connectivity index is 2.42. The molecule has 0 heterocycles. The fourth-order valence-corrected chi connectivity index (χ4v) is 2.36. The van der Waals surface area contributed by atoms with Crippen molar-refractivity contribution in [3.05, 3.63) is 41.5 Å². The van der Waals surface area contributed by atoms with E-state index in [1.807, 2.05) is 37.3 Å². The minimum Gasteiger partial charge on any atom is -0.465 e. The van der Waals surface area contributed by atoms with E-state index >= 15 is 0 Å². The highest BCUT2D eigenvalue weighted by Crippen LogP contribution is 2.44. The minimum absolute atomic E-state index is 0.329. The number of allylic oxidation sites excluding steroid dienone is 1. The molecule has 1 aliphatic carbocycles. The Morgan fingerprint density at radius 3 is 2.82 bits per heavy atom. The molecular weight excluding hydrogens is 216 g/mol. The summed E-state index contributed by atoms with van der Waals surface area (Å²) in [6, 6.07) is 7.54. The van der Waals surface area contributed by atoms with Gasteiger partial charge in [-0.1, -0.05) is 30.3 Å². The van der Waals surface area contributed by atoms with E-state index in [-0.39, 0.29) is 5.97 Å². The Labute approximate surface area is 101 Å². The van der Waals surface area contributed by atoms with Gasteiger partial charge in [0.15, 0.2) is 0 Å². The SMILES string of the molecule is C/C=C1/c2ccccc2[C@@H](O)[C@H]1C(=O)OCC. The van der Waals surface area contributed by atoms with Gasteiger partial charge in [0.2, 0.25) is 0 Å². The van der Waals surface area contributed by atoms with E-state index in [9.17, 15) is 9.90 Å². The molecule has 3 nitrogen and oxygen atoms in total. The second-order valence-corrected chi connectivity index (χ2v) is 4.01. The van der Waals surface area contributed by atoms with Crippen molar-refractivity contribution in [1.82, 2.24) is 0 Å². The molecule has 0 unspecified atom stereocenters. The van der Waals surface area contributed by atoms with Crippen molar-refractivity contribution in [2.75, 3.05) is 6.61 Å². The summed E-state index contributed by atoms with van der Waals surface area (Å²) in [5.74, 6) is -0.943. The van der Waals surface area contributed by atoms with Crippen LogP contribution in [0.4, 0.5) is 0 Å². The number of benzene rings is 1. The fourth-order valence-electron chi connectivity index (χ4n) is 2.36. The first-order valence-electron chi connectivity index (χ1n) is 5.80. The molecule has 1 aromatic carbocycles. The van der Waals surface area contributed by atoms with Crippen molar-refractivity contribution in [1.29, 1.82) is 0 Å². The van der Waals surface area contributed by atoms with Gasteiger partial charge in [0.25, 0.3) is 0 Å². The Morgan fingerprint density at radius 2 is 2.18 bits per heavy atom. The van der Waals surface area contributed by atoms with Crippen molar-refractivity contribution in [3.63, 3.8) is 0 Å². The van der Waals surface area contributed by atoms with Crippen LogP contribution in [-0.2, 0) is 9.53 Å². The lowest BCUT2D eigenvalue weighted by molar-refractivity contribution is -0.148. The lowest BCUT2D eigenvalue weighted by Crippen LogP contribution is -2.21. The number of ether oxygens (including phenoxy) is 1. The molecule has 1 N–H and O–H groups in total. The zero-order valence-corrected chi connectivity index (χ0v) is 10.0. The number of aliphatic hydroxyl groups is 1. The van der Waals surface area contributed by atoms with E-state index in [1.165, 1.54) is 0 Å². The van der Waals surface area contributed by atoms with Crippen molar-refractivity contribution in [3.8, 4) is 0 Å². The Bertz CT molecular complexity index is 462. The number of hydrogen-bond acceptors (Lipinski definition) is 3. The van der Waals surface area contributed by atoms with Crippen LogP contribution < -0.4 is 0 Å². The molecule has 0 fully saturated rings. The molecule has 0 amide bonds. The molecule has 0 spiro atoms. The molecule has 2 rings (SSSR count). The zero-order chi connectivity index (χ0) is 12.4. The van der Waals surface area contributed by atoms with Gasteiger partial charge in [-0.25, -0.2) is 0 Å². The maximum atomic E-state index is 11.9. The molecule has 1 aliphatic rings. The maximum Gasteiger partial charge on any atom is 0.316 e. The monoisotopic (exact) mass is 232 g/mol. The molecular formula is C14H16O3. The summed E-state index contributed by atoms with van der Waals surface area (Å²) in [5, 5.41) is 10.2. The van der Waals surface area contributed by atoms with Crippen LogP contribution in [0.15, 0.2) is 30.3 Å². The highest BCUT2D eigenvalue weighted by atomic mass is 16.5. The molecule has 1 aromatic rings. The van der Waals surface area contributed by atoms with Crippen LogP contribution in [0.1, 0.15) is 31.1 Å². The van der Waals surface area contributed by atoms with Crippen molar-refractivity contribution >= 4 is 11.5 Å². The number of carbonyl (C=O) groups is 1. The first-order valence-corrected chi connectivity index (χ1v) is 5.80. The van der Waals surface area contributed by atoms with Gasteiger partial charge in [0.1, 0.15) is 5.92 Å². The van der Waals surface area contributed by atoms with Gasteiger partial charge in [-0.3, -0.25) is 4.79 Å². The van der Waals surface area contributed by atoms with Gasteiger partial charge in [-0.15, -0.1) is 0 Å². The van der Waals surface area contributed by atoms with Crippen LogP contribution in [0, 0.1) is 5.92 Å². The van der Waals surface area contributed by atoms with Crippen molar-refractivity contribution in [2.24, 2.45) is 5.92 Å². The molecule has 0 radical (unpaired) electrons. The van der Waals surface area contributed by atoms with Gasteiger partial charge in [-0.05, 0) is 30.5 Å². The second kappa shape index (κ2) is 4.72. The summed E-state index contributed by atoms with van der Waals surface area (Å²) < 4.78 is 5.02. The first kappa shape index (κ1) is 11.9. The van der Waals surface area contributed by atoms with Gasteiger partial charge >= 0.3 is 5.97 Å². The van der Waals surface area contributed by atoms with Crippen molar-refractivity contribution in [2.45, 2.75) is 20.0 Å². The maximum absolute atomic E-state index is 11.9. The third kappa shape index (κ3) is 1.87. The molecule has 0 aliphatic heterocycles. The number of rotatable bonds is 2. The van der Waals surface area contributed by atoms with Crippen LogP contribution in [0.2, 0.25) is 0 Å². The summed E-state index contributed by atoms with van der Waals surface area (Å²) in [6.07, 6.45) is 1.08. The van der Waals surface area contributed by atoms with E-state index < -0.39 is 12.0 Å². The van der Waals surface area contributed by atoms with E-state index in [0.29, 0.717) is 6.61 Å². The predicted molar refractivity (Wildman–Crippen MR) is 65.2 cm³/mol. The first-order chi connectivity index (χ1) is 8.20. The van der Waals surface area contributed by atoms with Gasteiger partial charge < -0.3 is 9.84 Å². The Hall–Kier alpha value is -1.61. The van der Waals surface area contributed by atoms with E-state index in [4.69, 9.17) is 4.74 Å². The molecule has 0 saturated heterocycles. The highest BCUT2D eigenvalue weighted by Gasteiger charge is 2.40. The van der Waals surface area contributed by atoms with Gasteiger partial charge in [-0.2, -0.15) is 0 Å². The summed E-state index contributed by atoms with van der Waals surface area (Å²) in [7, 11) is 0. The molecule has 2 atom stereocenters. The quantitative estimate of drug-likeness (QED) is 0.796. The fraction of sp³-hybridized carbons (Fsp3) is 0.357. The minimum atomic E-state index is -0.795. The number of aliphatic hydroxyl groups excluding tert-OH is 1. The smallest absolute Gasteiger partial charge is 0.316 e. The van der Waals surface area contributed by atoms with E-state index in [2.05, 4.69) is 0 Å². The van der Waals surface area contributed by atoms with Crippen molar-refractivity contribution < 1.29 is 14.6 Å². The average molecular weight is 232 g/mol. The highest BCUT2D eigenvalue weighted by molar-refractivity contribution is 5.93. The lowest BCUT2D eigenvalue weighted by atomic mass is 9.98. The topological polar surface area (TPSA) is 46.5 Å². The number of esters is 1. The largest absolute Gasteiger partial charge is 0.465 e. The standard InChI is InChI=1S/C14H16O3/c1-3-9-10-7-5-6-8-11(10)13(15)12(9)14(16)17-4-2/h3,5-8,12-13,15H,4H2,1-2H3/b9-3-/t12-,13+/m0/s1. The Kier molecular flexibility index (Phi) is 3.29. The Morgan fingerprint density at radius 1 is 1.47 bits per heavy atom. The predicted octanol–water partition coefficient (Wildman–Crippen LogP) is 2.32.